The first-order chi connectivity index (χ1) is 21.6. The van der Waals surface area contributed by atoms with Crippen LogP contribution in [0, 0.1) is 22.6 Å². The Morgan fingerprint density at radius 1 is 1.27 bits per heavy atom. The standard InChI is InChI=1S/C34H39ClFN7O2/c1-5-29(44)42-16-15-41(18-24(42)11-14-37)32-25-17-22(2)43(28-8-6-7-23-9-10-26(36)31(35)30(23)28)19-27(25)38-33(39-32)45-21-34(12-13-34)20-40(3)4/h5-10,22,24H,1,11-13,15-21H2,2-4H3. The van der Waals surface area contributed by atoms with Gasteiger partial charge in [-0.1, -0.05) is 36.4 Å². The van der Waals surface area contributed by atoms with Crippen LogP contribution in [0.1, 0.15) is 37.4 Å². The summed E-state index contributed by atoms with van der Waals surface area (Å²) in [6.07, 6.45) is 4.36. The number of ether oxygens (including phenoxy) is 1. The van der Waals surface area contributed by atoms with E-state index in [0.717, 1.165) is 47.5 Å². The molecule has 3 aromatic rings. The maximum atomic E-state index is 14.6. The molecule has 0 bridgehead atoms. The molecule has 1 aromatic heterocycles. The van der Waals surface area contributed by atoms with Crippen molar-refractivity contribution in [3.63, 3.8) is 0 Å². The molecule has 0 radical (unpaired) electrons. The highest BCUT2D eigenvalue weighted by Gasteiger charge is 2.44. The van der Waals surface area contributed by atoms with Crippen molar-refractivity contribution in [2.75, 3.05) is 56.7 Å². The Hall–Kier alpha value is -3.94. The van der Waals surface area contributed by atoms with Gasteiger partial charge in [0.1, 0.15) is 11.6 Å². The number of hydrogen-bond acceptors (Lipinski definition) is 8. The van der Waals surface area contributed by atoms with Crippen LogP contribution in [-0.4, -0.2) is 84.6 Å². The van der Waals surface area contributed by atoms with Crippen LogP contribution in [0.3, 0.4) is 0 Å². The highest BCUT2D eigenvalue weighted by Crippen LogP contribution is 2.46. The van der Waals surface area contributed by atoms with Gasteiger partial charge < -0.3 is 24.3 Å². The van der Waals surface area contributed by atoms with Gasteiger partial charge >= 0.3 is 6.01 Å². The van der Waals surface area contributed by atoms with Crippen LogP contribution < -0.4 is 14.5 Å². The Kier molecular flexibility index (Phi) is 8.59. The SMILES string of the molecule is C=CC(=O)N1CCN(c2nc(OCC3(CN(C)C)CC3)nc3c2CC(C)N(c2cccc4ccc(F)c(Cl)c24)C3)CC1CC#N. The molecule has 9 nitrogen and oxygen atoms in total. The van der Waals surface area contributed by atoms with Crippen LogP contribution in [0.15, 0.2) is 43.0 Å². The first kappa shape index (κ1) is 31.1. The van der Waals surface area contributed by atoms with Crippen molar-refractivity contribution in [3.05, 3.63) is 65.1 Å². The van der Waals surface area contributed by atoms with E-state index in [0.29, 0.717) is 50.6 Å². The van der Waals surface area contributed by atoms with E-state index >= 15 is 0 Å². The molecule has 1 amide bonds. The molecule has 11 heteroatoms. The average molecular weight is 632 g/mol. The van der Waals surface area contributed by atoms with Crippen LogP contribution >= 0.6 is 11.6 Å². The maximum absolute atomic E-state index is 14.6. The summed E-state index contributed by atoms with van der Waals surface area (Å²) in [5, 5.41) is 11.2. The van der Waals surface area contributed by atoms with Crippen molar-refractivity contribution in [1.82, 2.24) is 19.8 Å². The van der Waals surface area contributed by atoms with E-state index in [1.807, 2.05) is 18.2 Å². The van der Waals surface area contributed by atoms with E-state index in [9.17, 15) is 14.4 Å². The van der Waals surface area contributed by atoms with E-state index in [1.165, 1.54) is 12.1 Å². The fourth-order valence-corrected chi connectivity index (χ4v) is 7.15. The van der Waals surface area contributed by atoms with Crippen molar-refractivity contribution in [2.24, 2.45) is 5.41 Å². The number of fused-ring (bicyclic) bond motifs is 2. The third-order valence-electron chi connectivity index (χ3n) is 9.31. The normalized spacial score (nSPS) is 20.6. The highest BCUT2D eigenvalue weighted by molar-refractivity contribution is 6.36. The van der Waals surface area contributed by atoms with Crippen LogP contribution in [-0.2, 0) is 17.8 Å². The predicted octanol–water partition coefficient (Wildman–Crippen LogP) is 5.21. The summed E-state index contributed by atoms with van der Waals surface area (Å²) in [5.74, 6) is 0.165. The summed E-state index contributed by atoms with van der Waals surface area (Å²) in [7, 11) is 4.15. The number of carbonyl (C=O) groups excluding carboxylic acids is 1. The molecule has 3 heterocycles. The van der Waals surface area contributed by atoms with Gasteiger partial charge in [0.05, 0.1) is 42.4 Å². The molecule has 2 fully saturated rings. The second-order valence-corrected chi connectivity index (χ2v) is 13.3. The summed E-state index contributed by atoms with van der Waals surface area (Å²) in [6, 6.07) is 11.4. The zero-order valence-electron chi connectivity index (χ0n) is 26.1. The Bertz CT molecular complexity index is 1670. The molecule has 2 aliphatic heterocycles. The first-order valence-electron chi connectivity index (χ1n) is 15.5. The smallest absolute Gasteiger partial charge is 0.318 e. The molecule has 0 N–H and O–H groups in total. The second-order valence-electron chi connectivity index (χ2n) is 12.9. The van der Waals surface area contributed by atoms with Gasteiger partial charge in [0, 0.05) is 54.3 Å². The van der Waals surface area contributed by atoms with Crippen molar-refractivity contribution >= 4 is 39.8 Å². The minimum Gasteiger partial charge on any atom is -0.463 e. The number of nitriles is 1. The Morgan fingerprint density at radius 3 is 2.78 bits per heavy atom. The Morgan fingerprint density at radius 2 is 2.07 bits per heavy atom. The molecular formula is C34H39ClFN7O2. The molecule has 3 aliphatic rings. The Labute approximate surface area is 268 Å². The summed E-state index contributed by atoms with van der Waals surface area (Å²) in [6.45, 7) is 9.20. The lowest BCUT2D eigenvalue weighted by molar-refractivity contribution is -0.128. The number of hydrogen-bond donors (Lipinski definition) is 0. The van der Waals surface area contributed by atoms with Gasteiger partial charge in [0.25, 0.3) is 0 Å². The zero-order chi connectivity index (χ0) is 31.9. The van der Waals surface area contributed by atoms with Crippen molar-refractivity contribution in [2.45, 2.75) is 51.2 Å². The van der Waals surface area contributed by atoms with Gasteiger partial charge in [-0.25, -0.2) is 4.39 Å². The van der Waals surface area contributed by atoms with Crippen LogP contribution in [0.2, 0.25) is 5.02 Å². The number of benzene rings is 2. The number of anilines is 2. The summed E-state index contributed by atoms with van der Waals surface area (Å²) in [5.41, 5.74) is 2.82. The van der Waals surface area contributed by atoms with Gasteiger partial charge in [-0.3, -0.25) is 4.79 Å². The van der Waals surface area contributed by atoms with Gasteiger partial charge in [0.2, 0.25) is 5.91 Å². The van der Waals surface area contributed by atoms with E-state index in [-0.39, 0.29) is 34.8 Å². The second kappa shape index (κ2) is 12.5. The zero-order valence-corrected chi connectivity index (χ0v) is 26.9. The lowest BCUT2D eigenvalue weighted by Gasteiger charge is -2.43. The quantitative estimate of drug-likeness (QED) is 0.298. The van der Waals surface area contributed by atoms with E-state index in [2.05, 4.69) is 48.4 Å². The lowest BCUT2D eigenvalue weighted by atomic mass is 9.96. The average Bonchev–Trinajstić information content (AvgIpc) is 3.79. The monoisotopic (exact) mass is 631 g/mol. The van der Waals surface area contributed by atoms with Gasteiger partial charge in [0.15, 0.2) is 0 Å². The van der Waals surface area contributed by atoms with Gasteiger partial charge in [-0.2, -0.15) is 15.2 Å². The summed E-state index contributed by atoms with van der Waals surface area (Å²) >= 11 is 6.55. The third kappa shape index (κ3) is 6.16. The molecule has 1 saturated carbocycles. The largest absolute Gasteiger partial charge is 0.463 e. The fourth-order valence-electron chi connectivity index (χ4n) is 6.89. The molecule has 236 valence electrons. The molecule has 1 aliphatic carbocycles. The molecule has 6 rings (SSSR count). The van der Waals surface area contributed by atoms with Gasteiger partial charge in [-0.05, 0) is 63.9 Å². The molecule has 2 atom stereocenters. The first-order valence-corrected chi connectivity index (χ1v) is 15.9. The molecular weight excluding hydrogens is 593 g/mol. The fraction of sp³-hybridized carbons (Fsp3) is 0.471. The molecule has 2 unspecified atom stereocenters. The van der Waals surface area contributed by atoms with Crippen molar-refractivity contribution in [1.29, 1.82) is 5.26 Å². The number of rotatable bonds is 9. The number of nitrogens with zero attached hydrogens (tertiary/aromatic N) is 7. The third-order valence-corrected chi connectivity index (χ3v) is 9.68. The van der Waals surface area contributed by atoms with Crippen LogP contribution in [0.4, 0.5) is 15.9 Å². The van der Waals surface area contributed by atoms with E-state index < -0.39 is 5.82 Å². The number of halogens is 2. The van der Waals surface area contributed by atoms with Crippen molar-refractivity contribution < 1.29 is 13.9 Å². The number of aromatic nitrogens is 2. The summed E-state index contributed by atoms with van der Waals surface area (Å²) in [4.78, 5) is 30.9. The van der Waals surface area contributed by atoms with Gasteiger partial charge in [-0.15, -0.1) is 0 Å². The molecule has 45 heavy (non-hydrogen) atoms. The molecule has 1 saturated heterocycles. The maximum Gasteiger partial charge on any atom is 0.318 e. The van der Waals surface area contributed by atoms with Crippen LogP contribution in [0.5, 0.6) is 6.01 Å². The van der Waals surface area contributed by atoms with Crippen LogP contribution in [0.25, 0.3) is 10.8 Å². The molecule has 2 aromatic carbocycles. The number of carbonyl (C=O) groups is 1. The molecule has 0 spiro atoms. The lowest BCUT2D eigenvalue weighted by Crippen LogP contribution is -2.55. The number of piperazine rings is 1. The predicted molar refractivity (Wildman–Crippen MR) is 174 cm³/mol. The Balaban J connectivity index is 1.38. The van der Waals surface area contributed by atoms with Crippen molar-refractivity contribution in [3.8, 4) is 12.1 Å². The van der Waals surface area contributed by atoms with E-state index in [4.69, 9.17) is 26.3 Å². The minimum atomic E-state index is -0.449. The highest BCUT2D eigenvalue weighted by atomic mass is 35.5. The van der Waals surface area contributed by atoms with E-state index in [1.54, 1.807) is 11.0 Å². The minimum absolute atomic E-state index is 0.0323. The summed E-state index contributed by atoms with van der Waals surface area (Å²) < 4.78 is 21.0. The topological polar surface area (TPSA) is 88.8 Å². The number of amides is 1.